The van der Waals surface area contributed by atoms with Gasteiger partial charge in [0.05, 0.1) is 11.8 Å². The highest BCUT2D eigenvalue weighted by atomic mass is 79.9. The normalized spacial score (nSPS) is 11.7. The molecule has 0 fully saturated rings. The van der Waals surface area contributed by atoms with Crippen LogP contribution < -0.4 is 5.32 Å². The van der Waals surface area contributed by atoms with Crippen molar-refractivity contribution >= 4 is 21.6 Å². The number of aromatic nitrogens is 2. The predicted octanol–water partition coefficient (Wildman–Crippen LogP) is 4.30. The topological polar surface area (TPSA) is 29.9 Å². The van der Waals surface area contributed by atoms with Crippen molar-refractivity contribution in [3.05, 3.63) is 46.2 Å². The molecule has 0 aliphatic carbocycles. The molecule has 20 heavy (non-hydrogen) atoms. The van der Waals surface area contributed by atoms with Crippen molar-refractivity contribution in [3.63, 3.8) is 0 Å². The van der Waals surface area contributed by atoms with Gasteiger partial charge >= 0.3 is 6.18 Å². The van der Waals surface area contributed by atoms with E-state index in [1.165, 1.54) is 0 Å². The van der Waals surface area contributed by atoms with E-state index in [2.05, 4.69) is 26.3 Å². The van der Waals surface area contributed by atoms with Crippen LogP contribution >= 0.6 is 15.9 Å². The Morgan fingerprint density at radius 2 is 2.05 bits per heavy atom. The Morgan fingerprint density at radius 1 is 1.30 bits per heavy atom. The van der Waals surface area contributed by atoms with E-state index in [1.807, 2.05) is 13.1 Å². The highest BCUT2D eigenvalue weighted by molar-refractivity contribution is 9.10. The first-order valence-corrected chi connectivity index (χ1v) is 6.81. The first-order chi connectivity index (χ1) is 9.38. The Morgan fingerprint density at radius 3 is 2.65 bits per heavy atom. The molecule has 1 aromatic carbocycles. The summed E-state index contributed by atoms with van der Waals surface area (Å²) in [5.74, 6) is 0. The highest BCUT2D eigenvalue weighted by Crippen LogP contribution is 2.33. The van der Waals surface area contributed by atoms with Crippen LogP contribution in [-0.2, 0) is 19.3 Å². The second-order valence-electron chi connectivity index (χ2n) is 4.28. The summed E-state index contributed by atoms with van der Waals surface area (Å²) < 4.78 is 40.2. The van der Waals surface area contributed by atoms with E-state index in [9.17, 15) is 13.2 Å². The summed E-state index contributed by atoms with van der Waals surface area (Å²) in [6.07, 6.45) is -0.803. The average molecular weight is 348 g/mol. The van der Waals surface area contributed by atoms with Crippen molar-refractivity contribution in [2.75, 3.05) is 5.32 Å². The van der Waals surface area contributed by atoms with Gasteiger partial charge in [-0.05, 0) is 25.1 Å². The summed E-state index contributed by atoms with van der Waals surface area (Å²) in [6.45, 7) is 3.15. The van der Waals surface area contributed by atoms with Gasteiger partial charge in [-0.25, -0.2) is 0 Å². The van der Waals surface area contributed by atoms with Gasteiger partial charge in [0.1, 0.15) is 0 Å². The number of rotatable bonds is 4. The summed E-state index contributed by atoms with van der Waals surface area (Å²) in [7, 11) is 0. The molecular weight excluding hydrogens is 335 g/mol. The van der Waals surface area contributed by atoms with Crippen LogP contribution in [-0.4, -0.2) is 9.78 Å². The van der Waals surface area contributed by atoms with Crippen molar-refractivity contribution in [2.45, 2.75) is 26.2 Å². The number of alkyl halides is 3. The maximum atomic E-state index is 12.7. The van der Waals surface area contributed by atoms with Crippen LogP contribution in [0, 0.1) is 0 Å². The summed E-state index contributed by atoms with van der Waals surface area (Å²) >= 11 is 3.09. The third-order valence-electron chi connectivity index (χ3n) is 2.73. The van der Waals surface area contributed by atoms with Crippen LogP contribution in [0.1, 0.15) is 18.1 Å². The maximum absolute atomic E-state index is 12.7. The number of aryl methyl sites for hydroxylation is 1. The van der Waals surface area contributed by atoms with Crippen LogP contribution in [0.25, 0.3) is 0 Å². The first-order valence-electron chi connectivity index (χ1n) is 6.01. The van der Waals surface area contributed by atoms with Gasteiger partial charge in [0, 0.05) is 35.0 Å². The Kier molecular flexibility index (Phi) is 4.37. The van der Waals surface area contributed by atoms with Crippen molar-refractivity contribution in [2.24, 2.45) is 0 Å². The number of hydrogen-bond acceptors (Lipinski definition) is 2. The molecule has 0 saturated heterocycles. The second-order valence-corrected chi connectivity index (χ2v) is 5.20. The van der Waals surface area contributed by atoms with Crippen molar-refractivity contribution < 1.29 is 13.2 Å². The number of hydrogen-bond donors (Lipinski definition) is 1. The molecule has 1 heterocycles. The molecule has 0 amide bonds. The molecule has 0 atom stereocenters. The van der Waals surface area contributed by atoms with E-state index < -0.39 is 11.7 Å². The molecule has 1 aromatic heterocycles. The summed E-state index contributed by atoms with van der Waals surface area (Å²) in [5, 5.41) is 7.08. The monoisotopic (exact) mass is 347 g/mol. The molecule has 1 N–H and O–H groups in total. The Hall–Kier alpha value is -1.50. The lowest BCUT2D eigenvalue weighted by atomic mass is 10.2. The maximum Gasteiger partial charge on any atom is 0.416 e. The van der Waals surface area contributed by atoms with Crippen molar-refractivity contribution in [1.29, 1.82) is 0 Å². The molecule has 0 radical (unpaired) electrons. The van der Waals surface area contributed by atoms with Gasteiger partial charge in [-0.2, -0.15) is 18.3 Å². The smallest absolute Gasteiger partial charge is 0.381 e. The molecule has 3 nitrogen and oxygen atoms in total. The molecule has 0 bridgehead atoms. The molecule has 7 heteroatoms. The Balaban J connectivity index is 2.11. The number of nitrogens with one attached hydrogen (secondary N) is 1. The van der Waals surface area contributed by atoms with E-state index in [1.54, 1.807) is 16.9 Å². The summed E-state index contributed by atoms with van der Waals surface area (Å²) in [5.41, 5.74) is 0.648. The number of halogens is 4. The Labute approximate surface area is 122 Å². The molecular formula is C13H13BrF3N3. The highest BCUT2D eigenvalue weighted by Gasteiger charge is 2.31. The number of nitrogens with zero attached hydrogens (tertiary/aromatic N) is 2. The molecule has 0 spiro atoms. The molecule has 2 rings (SSSR count). The van der Waals surface area contributed by atoms with E-state index in [0.717, 1.165) is 24.2 Å². The van der Waals surface area contributed by atoms with Crippen LogP contribution in [0.3, 0.4) is 0 Å². The number of benzene rings is 1. The third-order valence-corrected chi connectivity index (χ3v) is 3.19. The largest absolute Gasteiger partial charge is 0.416 e. The zero-order valence-corrected chi connectivity index (χ0v) is 12.3. The minimum absolute atomic E-state index is 0.388. The van der Waals surface area contributed by atoms with Gasteiger partial charge in [0.2, 0.25) is 0 Å². The van der Waals surface area contributed by atoms with Gasteiger partial charge in [-0.1, -0.05) is 15.9 Å². The predicted molar refractivity (Wildman–Crippen MR) is 74.4 cm³/mol. The van der Waals surface area contributed by atoms with Crippen molar-refractivity contribution in [3.8, 4) is 0 Å². The molecule has 2 aromatic rings. The SMILES string of the molecule is CCn1cc(CNc2cc(Br)cc(C(F)(F)F)c2)cn1. The van der Waals surface area contributed by atoms with Crippen molar-refractivity contribution in [1.82, 2.24) is 9.78 Å². The second kappa shape index (κ2) is 5.87. The molecule has 0 aliphatic rings. The summed E-state index contributed by atoms with van der Waals surface area (Å²) in [6, 6.07) is 3.76. The summed E-state index contributed by atoms with van der Waals surface area (Å²) in [4.78, 5) is 0. The molecule has 0 aliphatic heterocycles. The number of anilines is 1. The minimum atomic E-state index is -4.35. The van der Waals surface area contributed by atoms with Gasteiger partial charge in [-0.15, -0.1) is 0 Å². The van der Waals surface area contributed by atoms with Crippen LogP contribution in [0.4, 0.5) is 18.9 Å². The molecule has 0 unspecified atom stereocenters. The fourth-order valence-corrected chi connectivity index (χ4v) is 2.22. The lowest BCUT2D eigenvalue weighted by Gasteiger charge is -2.11. The minimum Gasteiger partial charge on any atom is -0.381 e. The standard InChI is InChI=1S/C13H13BrF3N3/c1-2-20-8-9(7-19-20)6-18-12-4-10(13(15,16)17)3-11(14)5-12/h3-5,7-8,18H,2,6H2,1H3. The fourth-order valence-electron chi connectivity index (χ4n) is 1.73. The first kappa shape index (κ1) is 14.9. The van der Waals surface area contributed by atoms with Gasteiger partial charge in [-0.3, -0.25) is 4.68 Å². The fraction of sp³-hybridized carbons (Fsp3) is 0.308. The lowest BCUT2D eigenvalue weighted by Crippen LogP contribution is -2.06. The third kappa shape index (κ3) is 3.75. The van der Waals surface area contributed by atoms with E-state index in [4.69, 9.17) is 0 Å². The zero-order valence-electron chi connectivity index (χ0n) is 10.7. The van der Waals surface area contributed by atoms with Gasteiger partial charge in [0.15, 0.2) is 0 Å². The van der Waals surface area contributed by atoms with Gasteiger partial charge in [0.25, 0.3) is 0 Å². The van der Waals surface area contributed by atoms with Crippen LogP contribution in [0.2, 0.25) is 0 Å². The van der Waals surface area contributed by atoms with E-state index in [-0.39, 0.29) is 0 Å². The van der Waals surface area contributed by atoms with Gasteiger partial charge < -0.3 is 5.32 Å². The Bertz CT molecular complexity index is 593. The molecule has 108 valence electrons. The molecule has 0 saturated carbocycles. The average Bonchev–Trinajstić information content (AvgIpc) is 2.82. The van der Waals surface area contributed by atoms with E-state index in [0.29, 0.717) is 16.7 Å². The van der Waals surface area contributed by atoms with Crippen LogP contribution in [0.5, 0.6) is 0 Å². The van der Waals surface area contributed by atoms with Crippen LogP contribution in [0.15, 0.2) is 35.1 Å². The van der Waals surface area contributed by atoms with E-state index >= 15 is 0 Å². The quantitative estimate of drug-likeness (QED) is 0.893. The zero-order chi connectivity index (χ0) is 14.8. The lowest BCUT2D eigenvalue weighted by molar-refractivity contribution is -0.137.